The maximum Gasteiger partial charge on any atom is 0.321 e. The van der Waals surface area contributed by atoms with Gasteiger partial charge in [0.05, 0.1) is 37.0 Å². The minimum Gasteiger partial charge on any atom is -0.461 e. The summed E-state index contributed by atoms with van der Waals surface area (Å²) < 4.78 is 20.6. The normalized spacial score (nSPS) is 11.8. The van der Waals surface area contributed by atoms with Crippen LogP contribution in [0.2, 0.25) is 0 Å². The number of hydrogen-bond donors (Lipinski definition) is 3. The summed E-state index contributed by atoms with van der Waals surface area (Å²) in [5.41, 5.74) is -0.0270. The minimum atomic E-state index is -1.15. The molecule has 2 atom stereocenters. The number of nitrogens with one attached hydrogen (secondary N) is 3. The van der Waals surface area contributed by atoms with Gasteiger partial charge in [0.1, 0.15) is 42.6 Å². The van der Waals surface area contributed by atoms with E-state index in [1.54, 1.807) is 67.8 Å². The quantitative estimate of drug-likeness (QED) is 0.0848. The second-order valence-corrected chi connectivity index (χ2v) is 12.9. The Hall–Kier alpha value is -0.850. The first-order valence-electron chi connectivity index (χ1n) is 12.3. The van der Waals surface area contributed by atoms with Gasteiger partial charge in [-0.05, 0) is 67.8 Å². The average molecular weight is 1090 g/mol. The zero-order valence-corrected chi connectivity index (χ0v) is 33.3. The highest BCUT2D eigenvalue weighted by atomic mass is 127. The van der Waals surface area contributed by atoms with Gasteiger partial charge in [0, 0.05) is 3.57 Å². The fourth-order valence-electron chi connectivity index (χ4n) is 3.09. The molecule has 2 unspecified atom stereocenters. The van der Waals surface area contributed by atoms with Crippen LogP contribution < -0.4 is 16.0 Å². The molecule has 0 aliphatic rings. The highest BCUT2D eigenvalue weighted by Crippen LogP contribution is 2.36. The second-order valence-electron chi connectivity index (χ2n) is 8.29. The van der Waals surface area contributed by atoms with Gasteiger partial charge in [-0.25, -0.2) is 0 Å². The van der Waals surface area contributed by atoms with Gasteiger partial charge in [-0.15, -0.1) is 58.0 Å². The molecule has 1 rings (SSSR count). The zero-order chi connectivity index (χ0) is 35.0. The SMILES string of the molecule is O=C(CCl)Nc1c(I)c(C(=O)NCC(COC(=O)CCl)OC(=O)CCl)c(I)c(C(=O)NCC(COC(=O)CCl)OC(=O)CCl)c1I. The summed E-state index contributed by atoms with van der Waals surface area (Å²) in [5, 5.41) is 7.66. The molecule has 46 heavy (non-hydrogen) atoms. The maximum atomic E-state index is 13.5. The molecule has 0 aliphatic carbocycles. The van der Waals surface area contributed by atoms with Crippen molar-refractivity contribution in [3.05, 3.63) is 21.8 Å². The molecule has 1 aromatic carbocycles. The molecule has 1 aromatic rings. The van der Waals surface area contributed by atoms with Crippen molar-refractivity contribution in [1.82, 2.24) is 10.6 Å². The molecule has 0 aromatic heterocycles. The highest BCUT2D eigenvalue weighted by molar-refractivity contribution is 14.1. The lowest BCUT2D eigenvalue weighted by molar-refractivity contribution is -0.155. The van der Waals surface area contributed by atoms with Gasteiger partial charge >= 0.3 is 23.9 Å². The molecule has 0 aliphatic heterocycles. The topological polar surface area (TPSA) is 192 Å². The number of hydrogen-bond acceptors (Lipinski definition) is 11. The minimum absolute atomic E-state index is 0.0574. The fraction of sp³-hybridized carbons (Fsp3) is 0.458. The molecule has 0 saturated heterocycles. The second kappa shape index (κ2) is 22.7. The molecule has 3 N–H and O–H groups in total. The van der Waals surface area contributed by atoms with Crippen molar-refractivity contribution >= 4 is 173 Å². The number of alkyl halides is 5. The predicted molar refractivity (Wildman–Crippen MR) is 193 cm³/mol. The number of anilines is 1. The van der Waals surface area contributed by atoms with Gasteiger partial charge in [-0.3, -0.25) is 33.6 Å². The van der Waals surface area contributed by atoms with Crippen LogP contribution in [0.1, 0.15) is 20.7 Å². The Kier molecular flexibility index (Phi) is 21.3. The molecular weight excluding hydrogens is 1060 g/mol. The number of benzene rings is 1. The molecule has 14 nitrogen and oxygen atoms in total. The number of rotatable bonds is 18. The summed E-state index contributed by atoms with van der Waals surface area (Å²) in [6, 6.07) is 0. The maximum absolute atomic E-state index is 13.5. The Balaban J connectivity index is 3.45. The number of amides is 3. The molecule has 0 bridgehead atoms. The van der Waals surface area contributed by atoms with E-state index in [-0.39, 0.29) is 40.6 Å². The molecule has 256 valence electrons. The predicted octanol–water partition coefficient (Wildman–Crippen LogP) is 3.00. The lowest BCUT2D eigenvalue weighted by Gasteiger charge is -2.22. The van der Waals surface area contributed by atoms with Crippen LogP contribution in [0.3, 0.4) is 0 Å². The van der Waals surface area contributed by atoms with Crippen LogP contribution in [0.25, 0.3) is 0 Å². The van der Waals surface area contributed by atoms with Gasteiger partial charge in [-0.2, -0.15) is 0 Å². The number of carbonyl (C=O) groups excluding carboxylic acids is 7. The van der Waals surface area contributed by atoms with E-state index in [4.69, 9.17) is 77.0 Å². The molecule has 3 amide bonds. The van der Waals surface area contributed by atoms with Crippen molar-refractivity contribution in [2.24, 2.45) is 0 Å². The Morgan fingerprint density at radius 3 is 1.26 bits per heavy atom. The Labute approximate surface area is 328 Å². The smallest absolute Gasteiger partial charge is 0.321 e. The van der Waals surface area contributed by atoms with Crippen LogP contribution in [0.15, 0.2) is 0 Å². The van der Waals surface area contributed by atoms with Crippen LogP contribution in [-0.4, -0.2) is 110 Å². The van der Waals surface area contributed by atoms with Crippen molar-refractivity contribution in [1.29, 1.82) is 0 Å². The molecule has 0 saturated carbocycles. The van der Waals surface area contributed by atoms with Crippen LogP contribution in [0, 0.1) is 10.7 Å². The largest absolute Gasteiger partial charge is 0.461 e. The van der Waals surface area contributed by atoms with E-state index in [1.807, 2.05) is 0 Å². The zero-order valence-electron chi connectivity index (χ0n) is 23.0. The third kappa shape index (κ3) is 14.3. The van der Waals surface area contributed by atoms with Crippen molar-refractivity contribution in [3.63, 3.8) is 0 Å². The van der Waals surface area contributed by atoms with Gasteiger partial charge < -0.3 is 34.9 Å². The van der Waals surface area contributed by atoms with Crippen LogP contribution >= 0.6 is 126 Å². The average Bonchev–Trinajstić information content (AvgIpc) is 3.04. The summed E-state index contributed by atoms with van der Waals surface area (Å²) in [6.45, 7) is -1.60. The van der Waals surface area contributed by atoms with E-state index in [0.29, 0.717) is 0 Å². The monoisotopic (exact) mass is 1080 g/mol. The first-order valence-corrected chi connectivity index (χ1v) is 18.2. The molecule has 0 heterocycles. The standard InChI is InChI=1S/C24H23Cl5I3N3O11/c25-1-12(36)35-22-20(31)17(23(41)33-6-10(45-15(39)4-28)8-43-13(37)2-26)19(30)18(21(22)32)24(42)34-7-11(46-16(40)5-29)9-44-14(38)3-27/h10-11H,1-9H2,(H,33,41)(H,34,42)(H,35,36). The van der Waals surface area contributed by atoms with E-state index >= 15 is 0 Å². The van der Waals surface area contributed by atoms with Crippen LogP contribution in [-0.2, 0) is 42.9 Å². The fourth-order valence-corrected chi connectivity index (χ4v) is 7.85. The Bertz CT molecular complexity index is 1240. The number of carbonyl (C=O) groups is 7. The van der Waals surface area contributed by atoms with E-state index in [2.05, 4.69) is 16.0 Å². The number of halogens is 8. The van der Waals surface area contributed by atoms with Gasteiger partial charge in [0.2, 0.25) is 5.91 Å². The van der Waals surface area contributed by atoms with Gasteiger partial charge in [0.15, 0.2) is 12.2 Å². The van der Waals surface area contributed by atoms with Crippen molar-refractivity contribution in [2.75, 3.05) is 61.0 Å². The summed E-state index contributed by atoms with van der Waals surface area (Å²) in [6.07, 6.45) is -2.31. The summed E-state index contributed by atoms with van der Waals surface area (Å²) >= 11 is 32.9. The van der Waals surface area contributed by atoms with Crippen LogP contribution in [0.5, 0.6) is 0 Å². The highest BCUT2D eigenvalue weighted by Gasteiger charge is 2.30. The van der Waals surface area contributed by atoms with Crippen molar-refractivity contribution in [3.8, 4) is 0 Å². The Morgan fingerprint density at radius 2 is 0.935 bits per heavy atom. The van der Waals surface area contributed by atoms with Crippen LogP contribution in [0.4, 0.5) is 5.69 Å². The molecule has 0 fully saturated rings. The lowest BCUT2D eigenvalue weighted by Crippen LogP contribution is -2.40. The summed E-state index contributed by atoms with van der Waals surface area (Å²) in [4.78, 5) is 85.8. The first kappa shape index (κ1) is 43.2. The van der Waals surface area contributed by atoms with Gasteiger partial charge in [0.25, 0.3) is 11.8 Å². The number of esters is 4. The molecule has 22 heteroatoms. The molecule has 0 spiro atoms. The summed E-state index contributed by atoms with van der Waals surface area (Å²) in [7, 11) is 0. The summed E-state index contributed by atoms with van der Waals surface area (Å²) in [5.74, 6) is -7.84. The van der Waals surface area contributed by atoms with Gasteiger partial charge in [-0.1, -0.05) is 0 Å². The van der Waals surface area contributed by atoms with Crippen molar-refractivity contribution < 1.29 is 52.5 Å². The number of ether oxygens (including phenoxy) is 4. The first-order chi connectivity index (χ1) is 21.7. The third-order valence-corrected chi connectivity index (χ3v) is 9.38. The van der Waals surface area contributed by atoms with Crippen molar-refractivity contribution in [2.45, 2.75) is 12.2 Å². The van der Waals surface area contributed by atoms with E-state index in [0.717, 1.165) is 0 Å². The lowest BCUT2D eigenvalue weighted by atomic mass is 10.1. The molecular formula is C24H23Cl5I3N3O11. The van der Waals surface area contributed by atoms with E-state index in [9.17, 15) is 33.6 Å². The third-order valence-electron chi connectivity index (χ3n) is 5.03. The van der Waals surface area contributed by atoms with E-state index < -0.39 is 96.4 Å². The van der Waals surface area contributed by atoms with E-state index in [1.165, 1.54) is 0 Å². The molecule has 0 radical (unpaired) electrons. The Morgan fingerprint density at radius 1 is 0.565 bits per heavy atom.